The Morgan fingerprint density at radius 2 is 1.96 bits per heavy atom. The number of carbonyl (C=O) groups is 2. The molecule has 2 rings (SSSR count). The van der Waals surface area contributed by atoms with E-state index >= 15 is 0 Å². The van der Waals surface area contributed by atoms with E-state index in [9.17, 15) is 14.7 Å². The first kappa shape index (κ1) is 17.5. The Labute approximate surface area is 136 Å². The second-order valence-electron chi connectivity index (χ2n) is 6.50. The third-order valence-electron chi connectivity index (χ3n) is 4.90. The van der Waals surface area contributed by atoms with Crippen LogP contribution in [0.5, 0.6) is 5.75 Å². The Bertz CT molecular complexity index is 605. The van der Waals surface area contributed by atoms with Crippen molar-refractivity contribution >= 4 is 11.7 Å². The highest BCUT2D eigenvalue weighted by molar-refractivity contribution is 5.86. The van der Waals surface area contributed by atoms with Gasteiger partial charge in [0.2, 0.25) is 5.91 Å². The number of phenolic OH excluding ortho intramolecular Hbond substituents is 1. The molecule has 0 bridgehead atoms. The van der Waals surface area contributed by atoms with E-state index in [1.165, 1.54) is 4.90 Å². The highest BCUT2D eigenvalue weighted by Gasteiger charge is 2.34. The van der Waals surface area contributed by atoms with Gasteiger partial charge in [-0.1, -0.05) is 13.0 Å². The quantitative estimate of drug-likeness (QED) is 0.839. The third-order valence-corrected chi connectivity index (χ3v) is 4.90. The fraction of sp³-hybridized carbons (Fsp3) is 0.556. The molecule has 1 amide bonds. The molecule has 1 aromatic rings. The summed E-state index contributed by atoms with van der Waals surface area (Å²) in [5.41, 5.74) is 3.13. The van der Waals surface area contributed by atoms with Crippen LogP contribution in [-0.2, 0) is 9.59 Å². The lowest BCUT2D eigenvalue weighted by Gasteiger charge is -2.38. The zero-order chi connectivity index (χ0) is 17.1. The monoisotopic (exact) mass is 319 g/mol. The van der Waals surface area contributed by atoms with Crippen molar-refractivity contribution in [3.05, 3.63) is 28.8 Å². The maximum atomic E-state index is 12.2. The van der Waals surface area contributed by atoms with Crippen LogP contribution in [0.2, 0.25) is 0 Å². The maximum Gasteiger partial charge on any atom is 0.248 e. The van der Waals surface area contributed by atoms with E-state index in [0.29, 0.717) is 25.9 Å². The fourth-order valence-corrected chi connectivity index (χ4v) is 3.14. The van der Waals surface area contributed by atoms with Crippen molar-refractivity contribution < 1.29 is 19.8 Å². The normalized spacial score (nSPS) is 16.1. The minimum atomic E-state index is -0.496. The number of aromatic hydroxyl groups is 1. The van der Waals surface area contributed by atoms with Gasteiger partial charge in [0.25, 0.3) is 0 Å². The number of aryl methyl sites for hydroxylation is 1. The smallest absolute Gasteiger partial charge is 0.248 e. The number of hydrogen-bond donors (Lipinski definition) is 2. The number of aliphatic hydroxyl groups is 1. The molecule has 1 aliphatic rings. The number of aliphatic hydroxyl groups excluding tert-OH is 1. The largest absolute Gasteiger partial charge is 0.508 e. The Morgan fingerprint density at radius 1 is 1.30 bits per heavy atom. The highest BCUT2D eigenvalue weighted by Crippen LogP contribution is 2.34. The molecule has 1 aromatic carbocycles. The van der Waals surface area contributed by atoms with Gasteiger partial charge in [0.05, 0.1) is 5.92 Å². The first-order valence-corrected chi connectivity index (χ1v) is 8.05. The number of ketones is 1. The molecule has 1 fully saturated rings. The molecule has 0 aromatic heterocycles. The summed E-state index contributed by atoms with van der Waals surface area (Å²) in [6, 6.07) is 3.60. The first-order valence-electron chi connectivity index (χ1n) is 8.05. The summed E-state index contributed by atoms with van der Waals surface area (Å²) in [5, 5.41) is 18.9. The summed E-state index contributed by atoms with van der Waals surface area (Å²) < 4.78 is 0. The van der Waals surface area contributed by atoms with Crippen molar-refractivity contribution in [1.82, 2.24) is 4.90 Å². The zero-order valence-corrected chi connectivity index (χ0v) is 14.0. The Morgan fingerprint density at radius 3 is 2.57 bits per heavy atom. The van der Waals surface area contributed by atoms with Gasteiger partial charge in [-0.05, 0) is 48.9 Å². The molecule has 2 N–H and O–H groups in total. The van der Waals surface area contributed by atoms with Crippen molar-refractivity contribution in [2.45, 2.75) is 39.5 Å². The number of likely N-dealkylation sites (tertiary alicyclic amines) is 1. The van der Waals surface area contributed by atoms with E-state index < -0.39 is 6.61 Å². The van der Waals surface area contributed by atoms with E-state index in [4.69, 9.17) is 5.11 Å². The fourth-order valence-electron chi connectivity index (χ4n) is 3.14. The van der Waals surface area contributed by atoms with E-state index in [1.807, 2.05) is 26.8 Å². The lowest BCUT2D eigenvalue weighted by Crippen LogP contribution is -2.53. The van der Waals surface area contributed by atoms with Crippen LogP contribution in [-0.4, -0.2) is 46.5 Å². The zero-order valence-electron chi connectivity index (χ0n) is 14.0. The van der Waals surface area contributed by atoms with Gasteiger partial charge < -0.3 is 15.1 Å². The van der Waals surface area contributed by atoms with Crippen molar-refractivity contribution in [1.29, 1.82) is 0 Å². The molecule has 1 aliphatic heterocycles. The molecule has 5 heteroatoms. The third kappa shape index (κ3) is 3.72. The molecule has 5 nitrogen and oxygen atoms in total. The average molecular weight is 319 g/mol. The second-order valence-corrected chi connectivity index (χ2v) is 6.50. The number of rotatable bonds is 6. The molecule has 1 saturated heterocycles. The molecule has 0 spiro atoms. The van der Waals surface area contributed by atoms with Crippen LogP contribution >= 0.6 is 0 Å². The number of nitrogens with zero attached hydrogens (tertiary/aromatic N) is 1. The molecular formula is C18H25NO4. The minimum absolute atomic E-state index is 0.106. The van der Waals surface area contributed by atoms with Crippen molar-refractivity contribution in [3.8, 4) is 5.75 Å². The molecule has 23 heavy (non-hydrogen) atoms. The van der Waals surface area contributed by atoms with Gasteiger partial charge in [0.1, 0.15) is 18.1 Å². The topological polar surface area (TPSA) is 77.8 Å². The van der Waals surface area contributed by atoms with Crippen LogP contribution in [0.3, 0.4) is 0 Å². The van der Waals surface area contributed by atoms with Gasteiger partial charge >= 0.3 is 0 Å². The molecule has 1 heterocycles. The first-order chi connectivity index (χ1) is 10.8. The van der Waals surface area contributed by atoms with Crippen molar-refractivity contribution in [3.63, 3.8) is 0 Å². The van der Waals surface area contributed by atoms with Gasteiger partial charge in [0.15, 0.2) is 0 Å². The van der Waals surface area contributed by atoms with Gasteiger partial charge in [-0.3, -0.25) is 9.59 Å². The molecule has 0 unspecified atom stereocenters. The van der Waals surface area contributed by atoms with Gasteiger partial charge in [-0.15, -0.1) is 0 Å². The molecule has 0 saturated carbocycles. The molecule has 0 aliphatic carbocycles. The number of hydrogen-bond acceptors (Lipinski definition) is 4. The second kappa shape index (κ2) is 7.13. The van der Waals surface area contributed by atoms with E-state index in [-0.39, 0.29) is 29.3 Å². The van der Waals surface area contributed by atoms with Crippen LogP contribution in [0.25, 0.3) is 0 Å². The minimum Gasteiger partial charge on any atom is -0.508 e. The number of phenols is 1. The molecular weight excluding hydrogens is 294 g/mol. The van der Waals surface area contributed by atoms with Gasteiger partial charge in [0, 0.05) is 19.5 Å². The van der Waals surface area contributed by atoms with Crippen LogP contribution in [0.15, 0.2) is 12.1 Å². The summed E-state index contributed by atoms with van der Waals surface area (Å²) in [4.78, 5) is 25.0. The Kier molecular flexibility index (Phi) is 5.42. The summed E-state index contributed by atoms with van der Waals surface area (Å²) >= 11 is 0. The summed E-state index contributed by atoms with van der Waals surface area (Å²) in [6.45, 7) is 6.37. The molecule has 126 valence electrons. The van der Waals surface area contributed by atoms with Crippen molar-refractivity contribution in [2.75, 3.05) is 19.7 Å². The lowest BCUT2D eigenvalue weighted by atomic mass is 9.86. The Balaban J connectivity index is 1.88. The van der Waals surface area contributed by atoms with Crippen molar-refractivity contribution in [2.24, 2.45) is 5.92 Å². The maximum absolute atomic E-state index is 12.2. The summed E-state index contributed by atoms with van der Waals surface area (Å²) in [6.07, 6.45) is 1.13. The number of benzene rings is 1. The molecule has 1 atom stereocenters. The average Bonchev–Trinajstić information content (AvgIpc) is 2.47. The van der Waals surface area contributed by atoms with Crippen LogP contribution in [0.1, 0.15) is 42.4 Å². The van der Waals surface area contributed by atoms with E-state index in [1.54, 1.807) is 6.07 Å². The van der Waals surface area contributed by atoms with Gasteiger partial charge in [-0.2, -0.15) is 0 Å². The standard InChI is InChI=1S/C18H25NO4/c1-11-4-7-16(22)18(13(11)3)12(2)5-6-15(21)14-8-19(9-14)17(23)10-20/h4,7,12,14,20,22H,5-6,8-10H2,1-3H3/t12-/m1/s1. The van der Waals surface area contributed by atoms with Crippen LogP contribution in [0, 0.1) is 19.8 Å². The predicted molar refractivity (Wildman–Crippen MR) is 87.4 cm³/mol. The van der Waals surface area contributed by atoms with Crippen LogP contribution in [0.4, 0.5) is 0 Å². The number of amides is 1. The van der Waals surface area contributed by atoms with Crippen LogP contribution < -0.4 is 0 Å². The predicted octanol–water partition coefficient (Wildman–Crippen LogP) is 1.91. The summed E-state index contributed by atoms with van der Waals surface area (Å²) in [5.74, 6) is 0.127. The number of Topliss-reactive ketones (excluding diaryl/α,β-unsaturated/α-hetero) is 1. The SMILES string of the molecule is Cc1ccc(O)c([C@H](C)CCC(=O)C2CN(C(=O)CO)C2)c1C. The van der Waals surface area contributed by atoms with Gasteiger partial charge in [-0.25, -0.2) is 0 Å². The highest BCUT2D eigenvalue weighted by atomic mass is 16.3. The molecule has 0 radical (unpaired) electrons. The Hall–Kier alpha value is -1.88. The van der Waals surface area contributed by atoms with E-state index in [0.717, 1.165) is 16.7 Å². The lowest BCUT2D eigenvalue weighted by molar-refractivity contribution is -0.144. The van der Waals surface area contributed by atoms with E-state index in [2.05, 4.69) is 0 Å². The summed E-state index contributed by atoms with van der Waals surface area (Å²) in [7, 11) is 0. The number of carbonyl (C=O) groups excluding carboxylic acids is 2.